The Kier molecular flexibility index (Phi) is 13.2. The van der Waals surface area contributed by atoms with Crippen LogP contribution in [0.4, 0.5) is 5.69 Å². The molecule has 0 aliphatic carbocycles. The third-order valence-electron chi connectivity index (χ3n) is 5.40. The second-order valence-corrected chi connectivity index (χ2v) is 8.77. The zero-order chi connectivity index (χ0) is 22.6. The molecule has 0 saturated carbocycles. The van der Waals surface area contributed by atoms with Crippen LogP contribution in [0.25, 0.3) is 0 Å². The van der Waals surface area contributed by atoms with Gasteiger partial charge in [0.05, 0.1) is 33.0 Å². The van der Waals surface area contributed by atoms with E-state index >= 15 is 0 Å². The van der Waals surface area contributed by atoms with E-state index in [4.69, 9.17) is 23.9 Å². The number of hydrogen-bond acceptors (Lipinski definition) is 6. The number of halogens is 1. The topological polar surface area (TPSA) is 76.6 Å². The van der Waals surface area contributed by atoms with E-state index < -0.39 is 0 Å². The van der Waals surface area contributed by atoms with Crippen molar-refractivity contribution in [1.82, 2.24) is 10.2 Å². The molecule has 1 saturated heterocycles. The third-order valence-corrected chi connectivity index (χ3v) is 5.40. The minimum Gasteiger partial charge on any atom is -0.490 e. The maximum atomic E-state index is 5.83. The van der Waals surface area contributed by atoms with Gasteiger partial charge in [-0.2, -0.15) is 0 Å². The average molecular weight is 577 g/mol. The highest BCUT2D eigenvalue weighted by atomic mass is 127. The van der Waals surface area contributed by atoms with Crippen molar-refractivity contribution in [2.75, 3.05) is 71.1 Å². The molecule has 1 atom stereocenters. The molecule has 9 heteroatoms. The number of guanidine groups is 1. The number of hydrogen-bond donors (Lipinski definition) is 2. The number of aliphatic imine (C=N–C) groups is 1. The van der Waals surface area contributed by atoms with Crippen LogP contribution in [-0.4, -0.2) is 82.7 Å². The molecule has 8 nitrogen and oxygen atoms in total. The Morgan fingerprint density at radius 1 is 1.09 bits per heavy atom. The lowest BCUT2D eigenvalue weighted by Crippen LogP contribution is -2.44. The summed E-state index contributed by atoms with van der Waals surface area (Å²) in [6, 6.07) is 6.30. The number of nitrogens with zero attached hydrogens (tertiary/aromatic N) is 2. The largest absolute Gasteiger partial charge is 0.490 e. The zero-order valence-corrected chi connectivity index (χ0v) is 22.6. The number of ether oxygens (including phenoxy) is 4. The Balaban J connectivity index is 0.00000385. The smallest absolute Gasteiger partial charge is 0.195 e. The minimum absolute atomic E-state index is 0. The SMILES string of the molecule is CC(C)COCCCNC(=NCC(C)N1CCOCC1)Nc1ccc2c(c1)OCCCO2.I. The van der Waals surface area contributed by atoms with Gasteiger partial charge in [0, 0.05) is 57.1 Å². The first-order valence-corrected chi connectivity index (χ1v) is 12.0. The molecule has 2 heterocycles. The number of nitrogens with one attached hydrogen (secondary N) is 2. The number of benzene rings is 1. The molecule has 0 amide bonds. The van der Waals surface area contributed by atoms with Gasteiger partial charge in [-0.05, 0) is 31.4 Å². The zero-order valence-electron chi connectivity index (χ0n) is 20.3. The average Bonchev–Trinajstić information content (AvgIpc) is 3.04. The molecule has 0 aromatic heterocycles. The van der Waals surface area contributed by atoms with Crippen LogP contribution in [0.1, 0.15) is 33.6 Å². The van der Waals surface area contributed by atoms with Crippen molar-refractivity contribution in [1.29, 1.82) is 0 Å². The summed E-state index contributed by atoms with van der Waals surface area (Å²) in [7, 11) is 0. The van der Waals surface area contributed by atoms with Crippen LogP contribution >= 0.6 is 24.0 Å². The van der Waals surface area contributed by atoms with Crippen LogP contribution < -0.4 is 20.1 Å². The summed E-state index contributed by atoms with van der Waals surface area (Å²) >= 11 is 0. The number of rotatable bonds is 10. The van der Waals surface area contributed by atoms with Crippen LogP contribution in [0.15, 0.2) is 23.2 Å². The molecule has 1 fully saturated rings. The van der Waals surface area contributed by atoms with Gasteiger partial charge in [-0.1, -0.05) is 13.8 Å². The van der Waals surface area contributed by atoms with Gasteiger partial charge in [0.2, 0.25) is 0 Å². The molecule has 2 aliphatic rings. The molecule has 2 N–H and O–H groups in total. The predicted molar refractivity (Wildman–Crippen MR) is 144 cm³/mol. The summed E-state index contributed by atoms with van der Waals surface area (Å²) in [5.74, 6) is 2.89. The van der Waals surface area contributed by atoms with Crippen molar-refractivity contribution < 1.29 is 18.9 Å². The fraction of sp³-hybridized carbons (Fsp3) is 0.708. The Bertz CT molecular complexity index is 714. The highest BCUT2D eigenvalue weighted by Gasteiger charge is 2.17. The molecule has 188 valence electrons. The van der Waals surface area contributed by atoms with Crippen LogP contribution in [-0.2, 0) is 9.47 Å². The van der Waals surface area contributed by atoms with Crippen LogP contribution in [0.3, 0.4) is 0 Å². The van der Waals surface area contributed by atoms with E-state index in [2.05, 4.69) is 36.3 Å². The fourth-order valence-corrected chi connectivity index (χ4v) is 3.57. The number of fused-ring (bicyclic) bond motifs is 1. The van der Waals surface area contributed by atoms with Crippen molar-refractivity contribution in [2.45, 2.75) is 39.7 Å². The standard InChI is InChI=1S/C24H40N4O4.HI/c1-19(2)18-30-11-4-8-25-24(26-17-20(3)28-9-14-29-15-10-28)27-21-6-7-22-23(16-21)32-13-5-12-31-22;/h6-7,16,19-20H,4-5,8-15,17-18H2,1-3H3,(H2,25,26,27);1H. The second kappa shape index (κ2) is 15.6. The summed E-state index contributed by atoms with van der Waals surface area (Å²) in [6.45, 7) is 14.5. The van der Waals surface area contributed by atoms with Gasteiger partial charge in [-0.15, -0.1) is 24.0 Å². The van der Waals surface area contributed by atoms with Crippen molar-refractivity contribution in [3.05, 3.63) is 18.2 Å². The summed E-state index contributed by atoms with van der Waals surface area (Å²) in [4.78, 5) is 7.30. The van der Waals surface area contributed by atoms with E-state index in [1.165, 1.54) is 0 Å². The molecule has 3 rings (SSSR count). The Morgan fingerprint density at radius 2 is 1.85 bits per heavy atom. The van der Waals surface area contributed by atoms with Gasteiger partial charge in [-0.3, -0.25) is 9.89 Å². The monoisotopic (exact) mass is 576 g/mol. The lowest BCUT2D eigenvalue weighted by molar-refractivity contribution is 0.0220. The van der Waals surface area contributed by atoms with Crippen molar-refractivity contribution in [3.8, 4) is 11.5 Å². The van der Waals surface area contributed by atoms with Gasteiger partial charge >= 0.3 is 0 Å². The van der Waals surface area contributed by atoms with Crippen molar-refractivity contribution in [3.63, 3.8) is 0 Å². The van der Waals surface area contributed by atoms with E-state index in [1.54, 1.807) is 0 Å². The molecule has 0 radical (unpaired) electrons. The van der Waals surface area contributed by atoms with E-state index in [9.17, 15) is 0 Å². The minimum atomic E-state index is 0. The lowest BCUT2D eigenvalue weighted by atomic mass is 10.2. The maximum absolute atomic E-state index is 5.83. The Hall–Kier alpha value is -1.30. The predicted octanol–water partition coefficient (Wildman–Crippen LogP) is 3.61. The van der Waals surface area contributed by atoms with Gasteiger partial charge < -0.3 is 29.6 Å². The van der Waals surface area contributed by atoms with Gasteiger partial charge in [0.1, 0.15) is 0 Å². The molecule has 2 aliphatic heterocycles. The van der Waals surface area contributed by atoms with E-state index in [0.717, 1.165) is 82.0 Å². The van der Waals surface area contributed by atoms with Crippen LogP contribution in [0.2, 0.25) is 0 Å². The summed E-state index contributed by atoms with van der Waals surface area (Å²) in [5.41, 5.74) is 0.926. The fourth-order valence-electron chi connectivity index (χ4n) is 3.57. The van der Waals surface area contributed by atoms with Gasteiger partial charge in [0.15, 0.2) is 17.5 Å². The number of anilines is 1. The van der Waals surface area contributed by atoms with Crippen molar-refractivity contribution >= 4 is 35.6 Å². The van der Waals surface area contributed by atoms with E-state index in [1.807, 2.05) is 18.2 Å². The molecule has 33 heavy (non-hydrogen) atoms. The van der Waals surface area contributed by atoms with Crippen LogP contribution in [0.5, 0.6) is 11.5 Å². The highest BCUT2D eigenvalue weighted by molar-refractivity contribution is 14.0. The first kappa shape index (κ1) is 27.9. The first-order valence-electron chi connectivity index (χ1n) is 12.0. The molecule has 1 aromatic rings. The molecule has 0 spiro atoms. The normalized spacial score (nSPS) is 17.8. The summed E-state index contributed by atoms with van der Waals surface area (Å²) in [5, 5.41) is 6.89. The maximum Gasteiger partial charge on any atom is 0.195 e. The molecular weight excluding hydrogens is 535 g/mol. The second-order valence-electron chi connectivity index (χ2n) is 8.77. The van der Waals surface area contributed by atoms with E-state index in [0.29, 0.717) is 31.7 Å². The molecule has 1 unspecified atom stereocenters. The summed E-state index contributed by atoms with van der Waals surface area (Å²) in [6.07, 6.45) is 1.82. The van der Waals surface area contributed by atoms with Gasteiger partial charge in [0.25, 0.3) is 0 Å². The van der Waals surface area contributed by atoms with Gasteiger partial charge in [-0.25, -0.2) is 0 Å². The Morgan fingerprint density at radius 3 is 2.61 bits per heavy atom. The number of morpholine rings is 1. The molecule has 1 aromatic carbocycles. The first-order chi connectivity index (χ1) is 15.6. The van der Waals surface area contributed by atoms with E-state index in [-0.39, 0.29) is 24.0 Å². The van der Waals surface area contributed by atoms with Crippen LogP contribution in [0, 0.1) is 5.92 Å². The molecule has 0 bridgehead atoms. The quantitative estimate of drug-likeness (QED) is 0.191. The molecular formula is C24H41IN4O4. The highest BCUT2D eigenvalue weighted by Crippen LogP contribution is 2.32. The Labute approximate surface area is 215 Å². The lowest BCUT2D eigenvalue weighted by Gasteiger charge is -2.31. The summed E-state index contributed by atoms with van der Waals surface area (Å²) < 4.78 is 22.7. The third kappa shape index (κ3) is 10.2. The van der Waals surface area contributed by atoms with Crippen molar-refractivity contribution in [2.24, 2.45) is 10.9 Å².